The summed E-state index contributed by atoms with van der Waals surface area (Å²) >= 11 is 0. The van der Waals surface area contributed by atoms with E-state index in [0.29, 0.717) is 26.1 Å². The standard InChI is InChI=1S/C20H28N4O2/c1-14(2)24-11-10-23(13-18(24)20(21)26)19(25)9-5-6-15-12-22-17-8-4-3-7-16(15)17/h3-4,7-8,12,14,18,22H,5-6,9-11,13H2,1-2H3,(H2,21,26). The van der Waals surface area contributed by atoms with Crippen molar-refractivity contribution < 1.29 is 9.59 Å². The van der Waals surface area contributed by atoms with Gasteiger partial charge in [-0.1, -0.05) is 18.2 Å². The molecule has 1 aromatic heterocycles. The minimum absolute atomic E-state index is 0.111. The molecule has 1 aliphatic heterocycles. The lowest BCUT2D eigenvalue weighted by atomic mass is 10.1. The highest BCUT2D eigenvalue weighted by Gasteiger charge is 2.33. The molecule has 26 heavy (non-hydrogen) atoms. The second kappa shape index (κ2) is 7.91. The van der Waals surface area contributed by atoms with Gasteiger partial charge in [0.05, 0.1) is 0 Å². The summed E-state index contributed by atoms with van der Waals surface area (Å²) < 4.78 is 0. The molecule has 1 aromatic carbocycles. The molecule has 1 atom stereocenters. The first-order valence-electron chi connectivity index (χ1n) is 9.35. The number of aromatic amines is 1. The first-order chi connectivity index (χ1) is 12.5. The maximum Gasteiger partial charge on any atom is 0.236 e. The van der Waals surface area contributed by atoms with Crippen molar-refractivity contribution in [3.63, 3.8) is 0 Å². The van der Waals surface area contributed by atoms with E-state index in [0.717, 1.165) is 18.4 Å². The molecule has 140 valence electrons. The van der Waals surface area contributed by atoms with E-state index in [1.165, 1.54) is 10.9 Å². The number of carbonyl (C=O) groups excluding carboxylic acids is 2. The van der Waals surface area contributed by atoms with Crippen LogP contribution in [0.4, 0.5) is 0 Å². The maximum absolute atomic E-state index is 12.6. The molecule has 0 bridgehead atoms. The van der Waals surface area contributed by atoms with Crippen molar-refractivity contribution in [1.82, 2.24) is 14.8 Å². The molecule has 1 fully saturated rings. The normalized spacial score (nSPS) is 18.6. The van der Waals surface area contributed by atoms with E-state index in [-0.39, 0.29) is 23.9 Å². The number of benzene rings is 1. The van der Waals surface area contributed by atoms with Gasteiger partial charge in [0.15, 0.2) is 0 Å². The number of hydrogen-bond donors (Lipinski definition) is 2. The van der Waals surface area contributed by atoms with Gasteiger partial charge in [-0.15, -0.1) is 0 Å². The number of carbonyl (C=O) groups is 2. The van der Waals surface area contributed by atoms with Gasteiger partial charge in [-0.3, -0.25) is 14.5 Å². The third kappa shape index (κ3) is 3.90. The highest BCUT2D eigenvalue weighted by Crippen LogP contribution is 2.20. The number of nitrogens with two attached hydrogens (primary N) is 1. The van der Waals surface area contributed by atoms with E-state index in [1.54, 1.807) is 4.90 Å². The topological polar surface area (TPSA) is 82.4 Å². The molecule has 0 radical (unpaired) electrons. The van der Waals surface area contributed by atoms with Crippen molar-refractivity contribution in [3.8, 4) is 0 Å². The van der Waals surface area contributed by atoms with E-state index >= 15 is 0 Å². The lowest BCUT2D eigenvalue weighted by molar-refractivity contribution is -0.138. The summed E-state index contributed by atoms with van der Waals surface area (Å²) in [5.74, 6) is -0.241. The SMILES string of the molecule is CC(C)N1CCN(C(=O)CCCc2c[nH]c3ccccc23)CC1C(N)=O. The average molecular weight is 356 g/mol. The van der Waals surface area contributed by atoms with E-state index in [1.807, 2.05) is 18.3 Å². The quantitative estimate of drug-likeness (QED) is 0.829. The van der Waals surface area contributed by atoms with Gasteiger partial charge in [0.2, 0.25) is 11.8 Å². The second-order valence-corrected chi connectivity index (χ2v) is 7.30. The van der Waals surface area contributed by atoms with E-state index in [2.05, 4.69) is 35.9 Å². The monoisotopic (exact) mass is 356 g/mol. The van der Waals surface area contributed by atoms with Crippen molar-refractivity contribution in [1.29, 1.82) is 0 Å². The van der Waals surface area contributed by atoms with Gasteiger partial charge >= 0.3 is 0 Å². The molecule has 6 heteroatoms. The molecule has 1 saturated heterocycles. The number of aryl methyl sites for hydroxylation is 1. The summed E-state index contributed by atoms with van der Waals surface area (Å²) in [6.45, 7) is 5.86. The molecule has 1 aliphatic rings. The molecule has 2 amide bonds. The number of para-hydroxylation sites is 1. The molecule has 3 rings (SSSR count). The van der Waals surface area contributed by atoms with Crippen LogP contribution in [0.1, 0.15) is 32.3 Å². The zero-order chi connectivity index (χ0) is 18.7. The zero-order valence-corrected chi connectivity index (χ0v) is 15.6. The number of piperazine rings is 1. The molecule has 3 N–H and O–H groups in total. The predicted octanol–water partition coefficient (Wildman–Crippen LogP) is 1.90. The molecule has 2 heterocycles. The average Bonchev–Trinajstić information content (AvgIpc) is 3.04. The number of nitrogens with one attached hydrogen (secondary N) is 1. The minimum atomic E-state index is -0.388. The van der Waals surface area contributed by atoms with Crippen molar-refractivity contribution in [2.24, 2.45) is 5.73 Å². The first kappa shape index (κ1) is 18.5. The summed E-state index contributed by atoms with van der Waals surface area (Å²) in [6, 6.07) is 8.06. The van der Waals surface area contributed by atoms with E-state index < -0.39 is 0 Å². The summed E-state index contributed by atoms with van der Waals surface area (Å²) in [6.07, 6.45) is 4.18. The van der Waals surface area contributed by atoms with Crippen LogP contribution in [0.2, 0.25) is 0 Å². The summed E-state index contributed by atoms with van der Waals surface area (Å²) in [5.41, 5.74) is 7.92. The fourth-order valence-electron chi connectivity index (χ4n) is 3.82. The predicted molar refractivity (Wildman–Crippen MR) is 103 cm³/mol. The van der Waals surface area contributed by atoms with Crippen LogP contribution < -0.4 is 5.73 Å². The van der Waals surface area contributed by atoms with Crippen molar-refractivity contribution >= 4 is 22.7 Å². The van der Waals surface area contributed by atoms with Gasteiger partial charge < -0.3 is 15.6 Å². The number of primary amides is 1. The van der Waals surface area contributed by atoms with Crippen LogP contribution in [0.15, 0.2) is 30.5 Å². The molecular weight excluding hydrogens is 328 g/mol. The van der Waals surface area contributed by atoms with E-state index in [4.69, 9.17) is 5.73 Å². The fourth-order valence-corrected chi connectivity index (χ4v) is 3.82. The van der Waals surface area contributed by atoms with Crippen LogP contribution in [-0.4, -0.2) is 58.3 Å². The van der Waals surface area contributed by atoms with Crippen molar-refractivity contribution in [3.05, 3.63) is 36.0 Å². The number of nitrogens with zero attached hydrogens (tertiary/aromatic N) is 2. The number of aromatic nitrogens is 1. The highest BCUT2D eigenvalue weighted by atomic mass is 16.2. The molecule has 2 aromatic rings. The minimum Gasteiger partial charge on any atom is -0.368 e. The number of hydrogen-bond acceptors (Lipinski definition) is 3. The van der Waals surface area contributed by atoms with Crippen molar-refractivity contribution in [2.45, 2.75) is 45.2 Å². The van der Waals surface area contributed by atoms with Gasteiger partial charge in [-0.2, -0.15) is 0 Å². The van der Waals surface area contributed by atoms with Crippen LogP contribution >= 0.6 is 0 Å². The Kier molecular flexibility index (Phi) is 5.61. The van der Waals surface area contributed by atoms with Gasteiger partial charge in [-0.05, 0) is 38.3 Å². The highest BCUT2D eigenvalue weighted by molar-refractivity contribution is 5.84. The molecule has 1 unspecified atom stereocenters. The first-order valence-corrected chi connectivity index (χ1v) is 9.35. The molecule has 6 nitrogen and oxygen atoms in total. The van der Waals surface area contributed by atoms with Crippen LogP contribution in [-0.2, 0) is 16.0 Å². The summed E-state index contributed by atoms with van der Waals surface area (Å²) in [7, 11) is 0. The van der Waals surface area contributed by atoms with Gasteiger partial charge in [0.25, 0.3) is 0 Å². The van der Waals surface area contributed by atoms with Crippen LogP contribution in [0.5, 0.6) is 0 Å². The maximum atomic E-state index is 12.6. The smallest absolute Gasteiger partial charge is 0.236 e. The molecule has 0 spiro atoms. The van der Waals surface area contributed by atoms with Crippen LogP contribution in [0.25, 0.3) is 10.9 Å². The largest absolute Gasteiger partial charge is 0.368 e. The third-order valence-electron chi connectivity index (χ3n) is 5.28. The number of amides is 2. The Bertz CT molecular complexity index is 783. The molecular formula is C20H28N4O2. The summed E-state index contributed by atoms with van der Waals surface area (Å²) in [4.78, 5) is 31.5. The Labute approximate surface area is 154 Å². The number of H-pyrrole nitrogens is 1. The lowest BCUT2D eigenvalue weighted by Gasteiger charge is -2.42. The second-order valence-electron chi connectivity index (χ2n) is 7.30. The molecule has 0 aliphatic carbocycles. The Morgan fingerprint density at radius 3 is 2.77 bits per heavy atom. The van der Waals surface area contributed by atoms with Gasteiger partial charge in [0.1, 0.15) is 6.04 Å². The number of fused-ring (bicyclic) bond motifs is 1. The van der Waals surface area contributed by atoms with Gasteiger partial charge in [-0.25, -0.2) is 0 Å². The van der Waals surface area contributed by atoms with Crippen molar-refractivity contribution in [2.75, 3.05) is 19.6 Å². The Hall–Kier alpha value is -2.34. The summed E-state index contributed by atoms with van der Waals surface area (Å²) in [5, 5.41) is 1.22. The number of rotatable bonds is 6. The van der Waals surface area contributed by atoms with E-state index in [9.17, 15) is 9.59 Å². The third-order valence-corrected chi connectivity index (χ3v) is 5.28. The lowest BCUT2D eigenvalue weighted by Crippen LogP contribution is -2.61. The van der Waals surface area contributed by atoms with Crippen LogP contribution in [0.3, 0.4) is 0 Å². The molecule has 0 saturated carbocycles. The van der Waals surface area contributed by atoms with Gasteiger partial charge in [0, 0.05) is 49.2 Å². The Balaban J connectivity index is 1.54. The Morgan fingerprint density at radius 1 is 1.27 bits per heavy atom. The fraction of sp³-hybridized carbons (Fsp3) is 0.500. The Morgan fingerprint density at radius 2 is 2.04 bits per heavy atom. The van der Waals surface area contributed by atoms with Crippen LogP contribution in [0, 0.1) is 0 Å². The zero-order valence-electron chi connectivity index (χ0n) is 15.6.